The number of ether oxygens (including phenoxy) is 4. The second-order valence-corrected chi connectivity index (χ2v) is 21.6. The summed E-state index contributed by atoms with van der Waals surface area (Å²) < 4.78 is 22.7. The van der Waals surface area contributed by atoms with Crippen LogP contribution in [0, 0.1) is 0 Å². The highest BCUT2D eigenvalue weighted by Gasteiger charge is 2.22. The maximum absolute atomic E-state index is 12.9. The van der Waals surface area contributed by atoms with Gasteiger partial charge in [0.2, 0.25) is 0 Å². The van der Waals surface area contributed by atoms with Crippen molar-refractivity contribution in [2.75, 3.05) is 47.5 Å². The lowest BCUT2D eigenvalue weighted by Gasteiger charge is -2.26. The number of hydrogen-bond donors (Lipinski definition) is 0. The number of nitrogens with zero attached hydrogens (tertiary/aromatic N) is 1. The van der Waals surface area contributed by atoms with Crippen LogP contribution in [-0.2, 0) is 33.3 Å². The summed E-state index contributed by atoms with van der Waals surface area (Å²) in [4.78, 5) is 37.3. The first kappa shape index (κ1) is 73.0. The van der Waals surface area contributed by atoms with Gasteiger partial charge in [0.1, 0.15) is 13.2 Å². The van der Waals surface area contributed by atoms with Gasteiger partial charge in [-0.1, -0.05) is 245 Å². The smallest absolute Gasteiger partial charge is 0.306 e. The number of unbranched alkanes of at least 4 members (excludes halogenated alkanes) is 23. The number of quaternary nitrogens is 1. The third-order valence-corrected chi connectivity index (χ3v) is 13.0. The Balaban J connectivity index is 4.07. The van der Waals surface area contributed by atoms with Gasteiger partial charge >= 0.3 is 11.9 Å². The van der Waals surface area contributed by atoms with Crippen molar-refractivity contribution in [3.63, 3.8) is 0 Å². The quantitative estimate of drug-likeness (QED) is 0.0195. The number of likely N-dealkylation sites (N-methyl/N-ethyl adjacent to an activating group) is 1. The molecule has 77 heavy (non-hydrogen) atoms. The summed E-state index contributed by atoms with van der Waals surface area (Å²) in [5, 5.41) is 11.8. The van der Waals surface area contributed by atoms with Crippen LogP contribution in [-0.4, -0.2) is 82.3 Å². The van der Waals surface area contributed by atoms with Crippen LogP contribution in [0.1, 0.15) is 245 Å². The molecule has 0 fully saturated rings. The van der Waals surface area contributed by atoms with E-state index >= 15 is 0 Å². The topological polar surface area (TPSA) is 111 Å². The van der Waals surface area contributed by atoms with Crippen molar-refractivity contribution >= 4 is 17.9 Å². The number of carbonyl (C=O) groups excluding carboxylic acids is 3. The number of allylic oxidation sites excluding steroid dienone is 18. The van der Waals surface area contributed by atoms with Crippen LogP contribution in [0.15, 0.2) is 109 Å². The molecule has 9 nitrogen and oxygen atoms in total. The van der Waals surface area contributed by atoms with Crippen LogP contribution in [0.5, 0.6) is 0 Å². The molecule has 0 rings (SSSR count). The van der Waals surface area contributed by atoms with Gasteiger partial charge in [-0.3, -0.25) is 9.59 Å². The maximum Gasteiger partial charge on any atom is 0.306 e. The molecule has 0 bridgehead atoms. The second-order valence-electron chi connectivity index (χ2n) is 21.6. The number of aliphatic carboxylic acids is 1. The summed E-state index contributed by atoms with van der Waals surface area (Å²) in [6.45, 7) is 4.50. The number of rotatable bonds is 56. The van der Waals surface area contributed by atoms with E-state index in [0.717, 1.165) is 116 Å². The van der Waals surface area contributed by atoms with Gasteiger partial charge in [-0.15, -0.1) is 0 Å². The maximum atomic E-state index is 12.9. The van der Waals surface area contributed by atoms with E-state index in [9.17, 15) is 19.5 Å². The van der Waals surface area contributed by atoms with Crippen LogP contribution in [0.3, 0.4) is 0 Å². The molecule has 0 spiro atoms. The highest BCUT2D eigenvalue weighted by molar-refractivity contribution is 5.70. The van der Waals surface area contributed by atoms with Crippen molar-refractivity contribution in [1.29, 1.82) is 0 Å². The Morgan fingerprint density at radius 2 is 0.701 bits per heavy atom. The molecule has 0 saturated carbocycles. The fourth-order valence-electron chi connectivity index (χ4n) is 8.32. The fourth-order valence-corrected chi connectivity index (χ4v) is 8.32. The summed E-state index contributed by atoms with van der Waals surface area (Å²) in [7, 11) is 5.91. The summed E-state index contributed by atoms with van der Waals surface area (Å²) >= 11 is 0. The zero-order valence-corrected chi connectivity index (χ0v) is 50.0. The largest absolute Gasteiger partial charge is 0.545 e. The van der Waals surface area contributed by atoms with Gasteiger partial charge in [0.05, 0.1) is 40.3 Å². The number of esters is 2. The van der Waals surface area contributed by atoms with Crippen LogP contribution < -0.4 is 5.11 Å². The fraction of sp³-hybridized carbons (Fsp3) is 0.691. The highest BCUT2D eigenvalue weighted by Crippen LogP contribution is 2.16. The van der Waals surface area contributed by atoms with E-state index in [2.05, 4.69) is 123 Å². The number of carboxylic acid groups (broad SMARTS) is 1. The summed E-state index contributed by atoms with van der Waals surface area (Å²) in [6, 6.07) is 0. The minimum atomic E-state index is -1.63. The molecule has 0 aromatic carbocycles. The van der Waals surface area contributed by atoms with Gasteiger partial charge in [-0.05, 0) is 96.3 Å². The van der Waals surface area contributed by atoms with Gasteiger partial charge in [0.25, 0.3) is 0 Å². The number of carbonyl (C=O) groups is 3. The third kappa shape index (κ3) is 59.5. The zero-order valence-electron chi connectivity index (χ0n) is 50.0. The average molecular weight is 1070 g/mol. The van der Waals surface area contributed by atoms with Gasteiger partial charge in [-0.2, -0.15) is 0 Å². The highest BCUT2D eigenvalue weighted by atomic mass is 16.7. The van der Waals surface area contributed by atoms with Crippen molar-refractivity contribution in [3.8, 4) is 0 Å². The molecule has 0 heterocycles. The number of hydrogen-bond acceptors (Lipinski definition) is 8. The predicted molar refractivity (Wildman–Crippen MR) is 324 cm³/mol. The molecule has 0 N–H and O–H groups in total. The molecule has 0 aliphatic carbocycles. The van der Waals surface area contributed by atoms with Crippen molar-refractivity contribution in [2.45, 2.75) is 257 Å². The molecule has 0 aliphatic rings. The Labute approximate surface area is 473 Å². The van der Waals surface area contributed by atoms with Gasteiger partial charge < -0.3 is 33.3 Å². The molecule has 0 amide bonds. The Bertz CT molecular complexity index is 1630. The Morgan fingerprint density at radius 3 is 1.04 bits per heavy atom. The Kier molecular flexibility index (Phi) is 55.1. The first-order chi connectivity index (χ1) is 37.6. The first-order valence-corrected chi connectivity index (χ1v) is 31.0. The van der Waals surface area contributed by atoms with Gasteiger partial charge in [0.15, 0.2) is 12.4 Å². The van der Waals surface area contributed by atoms with E-state index in [-0.39, 0.29) is 38.6 Å². The minimum Gasteiger partial charge on any atom is -0.545 e. The third-order valence-electron chi connectivity index (χ3n) is 13.0. The normalized spacial score (nSPS) is 13.5. The van der Waals surface area contributed by atoms with Crippen LogP contribution in [0.4, 0.5) is 0 Å². The monoisotopic (exact) mass is 1070 g/mol. The van der Waals surface area contributed by atoms with Gasteiger partial charge in [-0.25, -0.2) is 0 Å². The number of carboxylic acids is 1. The van der Waals surface area contributed by atoms with E-state index in [0.29, 0.717) is 17.4 Å². The first-order valence-electron chi connectivity index (χ1n) is 31.0. The molecule has 0 saturated heterocycles. The van der Waals surface area contributed by atoms with E-state index < -0.39 is 24.3 Å². The Hall–Kier alpha value is -4.05. The van der Waals surface area contributed by atoms with Crippen molar-refractivity contribution in [1.82, 2.24) is 0 Å². The van der Waals surface area contributed by atoms with Crippen molar-refractivity contribution in [2.24, 2.45) is 0 Å². The average Bonchev–Trinajstić information content (AvgIpc) is 3.40. The lowest BCUT2D eigenvalue weighted by molar-refractivity contribution is -0.870. The predicted octanol–water partition coefficient (Wildman–Crippen LogP) is 17.3. The van der Waals surface area contributed by atoms with Crippen LogP contribution in [0.2, 0.25) is 0 Å². The van der Waals surface area contributed by atoms with Crippen LogP contribution >= 0.6 is 0 Å². The molecule has 440 valence electrons. The SMILES string of the molecule is CC/C=C\C/C=C\C/C=C\C/C=C\C/C=C\C/C=C\CCCCCCCCCCCCCCCCCCCCC(=O)OC(COC(=O)CCCCCCC/C=C\C/C=C\C/C=C\CC)COC(OCC[N+](C)(C)C)C(=O)[O-]. The lowest BCUT2D eigenvalue weighted by atomic mass is 10.0. The van der Waals surface area contributed by atoms with Crippen LogP contribution in [0.25, 0.3) is 0 Å². The standard InChI is InChI=1S/C68H115NO8/c1-6-8-10-12-14-16-18-20-22-23-24-25-26-27-28-29-30-31-32-33-34-35-36-37-38-39-40-41-42-43-45-47-49-51-53-55-57-59-66(71)77-64(63-76-68(67(72)73)74-61-60-69(3,4)5)62-75-65(70)58-56-54-52-50-48-46-44-21-19-17-15-13-11-9-7-2/h8-11,14-17,20-22,24-25,27-28,30-31,44,64,68H,6-7,12-13,18-19,23,26,29,32-43,45-63H2,1-5H3/b10-8-,11-9-,16-14-,17-15-,22-20-,25-24-,28-27-,31-30-,44-21-. The second kappa shape index (κ2) is 58.1. The molecule has 0 aliphatic heterocycles. The Morgan fingerprint density at radius 1 is 0.390 bits per heavy atom. The molecule has 2 atom stereocenters. The molecule has 2 unspecified atom stereocenters. The van der Waals surface area contributed by atoms with E-state index in [1.165, 1.54) is 96.3 Å². The minimum absolute atomic E-state index is 0.141. The summed E-state index contributed by atoms with van der Waals surface area (Å²) in [6.07, 6.45) is 77.3. The lowest BCUT2D eigenvalue weighted by Crippen LogP contribution is -2.44. The summed E-state index contributed by atoms with van der Waals surface area (Å²) in [5.41, 5.74) is 0. The van der Waals surface area contributed by atoms with Crippen molar-refractivity contribution in [3.05, 3.63) is 109 Å². The molecular formula is C68H115NO8. The van der Waals surface area contributed by atoms with E-state index in [1.54, 1.807) is 0 Å². The van der Waals surface area contributed by atoms with E-state index in [1.807, 2.05) is 21.1 Å². The zero-order chi connectivity index (χ0) is 56.2. The van der Waals surface area contributed by atoms with Gasteiger partial charge in [0, 0.05) is 12.8 Å². The summed E-state index contributed by atoms with van der Waals surface area (Å²) in [5.74, 6) is -2.31. The molecule has 0 aromatic rings. The molecule has 0 radical (unpaired) electrons. The molecular weight excluding hydrogens is 959 g/mol. The molecule has 0 aromatic heterocycles. The molecule has 9 heteroatoms. The van der Waals surface area contributed by atoms with E-state index in [4.69, 9.17) is 18.9 Å². The van der Waals surface area contributed by atoms with Crippen molar-refractivity contribution < 1.29 is 42.9 Å².